The van der Waals surface area contributed by atoms with Gasteiger partial charge in [-0.25, -0.2) is 0 Å². The van der Waals surface area contributed by atoms with E-state index in [4.69, 9.17) is 4.42 Å². The van der Waals surface area contributed by atoms with E-state index in [1.54, 1.807) is 30.9 Å². The van der Waals surface area contributed by atoms with Crippen LogP contribution in [0.5, 0.6) is 0 Å². The third-order valence-electron chi connectivity index (χ3n) is 2.32. The maximum atomic E-state index is 5.01. The first-order valence-corrected chi connectivity index (χ1v) is 7.08. The number of hydrogen-bond acceptors (Lipinski definition) is 3. The van der Waals surface area contributed by atoms with Crippen molar-refractivity contribution < 1.29 is 4.42 Å². The van der Waals surface area contributed by atoms with Gasteiger partial charge in [-0.05, 0) is 34.1 Å². The van der Waals surface area contributed by atoms with Crippen LogP contribution in [0.15, 0.2) is 43.9 Å². The Morgan fingerprint density at radius 3 is 2.68 bits per heavy atom. The van der Waals surface area contributed by atoms with Gasteiger partial charge in [0.1, 0.15) is 0 Å². The molecule has 2 heterocycles. The summed E-state index contributed by atoms with van der Waals surface area (Å²) in [6.45, 7) is 1.46. The molecule has 0 bridgehead atoms. The number of aliphatic imine (C=N–C) groups is 1. The molecule has 0 aromatic carbocycles. The summed E-state index contributed by atoms with van der Waals surface area (Å²) in [4.78, 5) is 5.42. The molecule has 0 atom stereocenters. The molecule has 2 aromatic rings. The van der Waals surface area contributed by atoms with Gasteiger partial charge in [-0.1, -0.05) is 0 Å². The fourth-order valence-electron chi connectivity index (χ4n) is 1.42. The lowest BCUT2D eigenvalue weighted by Crippen LogP contribution is -2.36. The minimum absolute atomic E-state index is 0. The summed E-state index contributed by atoms with van der Waals surface area (Å²) in [5.74, 6) is 0.778. The van der Waals surface area contributed by atoms with Gasteiger partial charge in [0.2, 0.25) is 0 Å². The molecule has 0 aliphatic heterocycles. The van der Waals surface area contributed by atoms with E-state index < -0.39 is 0 Å². The number of nitrogens with zero attached hydrogens (tertiary/aromatic N) is 1. The predicted molar refractivity (Wildman–Crippen MR) is 93.2 cm³/mol. The molecule has 0 aliphatic carbocycles. The van der Waals surface area contributed by atoms with Gasteiger partial charge in [-0.2, -0.15) is 0 Å². The van der Waals surface area contributed by atoms with E-state index in [-0.39, 0.29) is 24.0 Å². The zero-order valence-corrected chi connectivity index (χ0v) is 15.1. The van der Waals surface area contributed by atoms with Gasteiger partial charge in [-0.3, -0.25) is 4.99 Å². The Hall–Kier alpha value is -0.540. The zero-order chi connectivity index (χ0) is 12.8. The second-order valence-electron chi connectivity index (χ2n) is 3.62. The highest BCUT2D eigenvalue weighted by Crippen LogP contribution is 2.21. The van der Waals surface area contributed by atoms with Crippen LogP contribution in [0.1, 0.15) is 10.4 Å². The number of nitrogens with one attached hydrogen (secondary N) is 2. The molecule has 0 aliphatic rings. The van der Waals surface area contributed by atoms with Crippen LogP contribution in [0, 0.1) is 0 Å². The molecule has 0 amide bonds. The molecule has 19 heavy (non-hydrogen) atoms. The summed E-state index contributed by atoms with van der Waals surface area (Å²) in [6.07, 6.45) is 3.38. The van der Waals surface area contributed by atoms with Gasteiger partial charge in [0, 0.05) is 24.0 Å². The first kappa shape index (κ1) is 16.5. The summed E-state index contributed by atoms with van der Waals surface area (Å²) in [6, 6.07) is 6.06. The lowest BCUT2D eigenvalue weighted by molar-refractivity contribution is 0.563. The number of halogens is 2. The molecule has 2 N–H and O–H groups in total. The van der Waals surface area contributed by atoms with Crippen molar-refractivity contribution in [3.05, 3.63) is 45.0 Å². The van der Waals surface area contributed by atoms with Crippen molar-refractivity contribution in [2.24, 2.45) is 4.99 Å². The van der Waals surface area contributed by atoms with Crippen LogP contribution < -0.4 is 10.6 Å². The summed E-state index contributed by atoms with van der Waals surface area (Å²) < 4.78 is 6.15. The first-order valence-electron chi connectivity index (χ1n) is 5.48. The molecule has 0 fully saturated rings. The number of hydrogen-bond donors (Lipinski definition) is 2. The zero-order valence-electron chi connectivity index (χ0n) is 10.4. The molecular weight excluding hydrogens is 441 g/mol. The molecule has 2 rings (SSSR count). The van der Waals surface area contributed by atoms with Crippen LogP contribution in [-0.2, 0) is 13.1 Å². The molecule has 0 saturated carbocycles. The second-order valence-corrected chi connectivity index (χ2v) is 6.16. The molecule has 0 unspecified atom stereocenters. The Morgan fingerprint density at radius 2 is 2.11 bits per heavy atom. The van der Waals surface area contributed by atoms with Crippen molar-refractivity contribution in [2.75, 3.05) is 7.05 Å². The Labute approximate surface area is 141 Å². The number of guanidine groups is 1. The van der Waals surface area contributed by atoms with Gasteiger partial charge in [0.25, 0.3) is 0 Å². The quantitative estimate of drug-likeness (QED) is 0.420. The largest absolute Gasteiger partial charge is 0.472 e. The fraction of sp³-hybridized carbons (Fsp3) is 0.250. The van der Waals surface area contributed by atoms with Crippen molar-refractivity contribution in [3.8, 4) is 0 Å². The first-order chi connectivity index (χ1) is 8.78. The highest BCUT2D eigenvalue weighted by molar-refractivity contribution is 14.0. The maximum Gasteiger partial charge on any atom is 0.191 e. The minimum Gasteiger partial charge on any atom is -0.472 e. The maximum absolute atomic E-state index is 5.01. The third-order valence-corrected chi connectivity index (χ3v) is 3.95. The average Bonchev–Trinajstić information content (AvgIpc) is 3.01. The summed E-state index contributed by atoms with van der Waals surface area (Å²) in [5, 5.41) is 6.48. The van der Waals surface area contributed by atoms with E-state index >= 15 is 0 Å². The van der Waals surface area contributed by atoms with Crippen molar-refractivity contribution in [1.82, 2.24) is 10.6 Å². The summed E-state index contributed by atoms with van der Waals surface area (Å²) >= 11 is 5.16. The van der Waals surface area contributed by atoms with E-state index in [9.17, 15) is 0 Å². The number of rotatable bonds is 4. The van der Waals surface area contributed by atoms with E-state index in [1.165, 1.54) is 4.88 Å². The highest BCUT2D eigenvalue weighted by atomic mass is 127. The van der Waals surface area contributed by atoms with Crippen LogP contribution in [0.3, 0.4) is 0 Å². The van der Waals surface area contributed by atoms with E-state index in [0.29, 0.717) is 6.54 Å². The topological polar surface area (TPSA) is 49.6 Å². The monoisotopic (exact) mass is 455 g/mol. The van der Waals surface area contributed by atoms with E-state index in [0.717, 1.165) is 21.9 Å². The highest BCUT2D eigenvalue weighted by Gasteiger charge is 2.01. The standard InChI is InChI=1S/C12H14BrN3OS.HI/c1-14-12(15-6-9-4-5-17-8-9)16-7-10-2-3-11(13)18-10;/h2-5,8H,6-7H2,1H3,(H2,14,15,16);1H. The molecule has 7 heteroatoms. The molecular formula is C12H15BrIN3OS. The van der Waals surface area contributed by atoms with E-state index in [2.05, 4.69) is 37.6 Å². The van der Waals surface area contributed by atoms with E-state index in [1.807, 2.05) is 12.1 Å². The summed E-state index contributed by atoms with van der Waals surface area (Å²) in [5.41, 5.74) is 1.09. The van der Waals surface area contributed by atoms with Gasteiger partial charge in [0.05, 0.1) is 22.9 Å². The summed E-state index contributed by atoms with van der Waals surface area (Å²) in [7, 11) is 1.76. The molecule has 0 spiro atoms. The van der Waals surface area contributed by atoms with Crippen molar-refractivity contribution in [3.63, 3.8) is 0 Å². The van der Waals surface area contributed by atoms with Crippen LogP contribution in [0.25, 0.3) is 0 Å². The molecule has 0 radical (unpaired) electrons. The van der Waals surface area contributed by atoms with Gasteiger partial charge >= 0.3 is 0 Å². The molecule has 0 saturated heterocycles. The lowest BCUT2D eigenvalue weighted by atomic mass is 10.3. The fourth-order valence-corrected chi connectivity index (χ4v) is 2.84. The predicted octanol–water partition coefficient (Wildman–Crippen LogP) is 3.59. The minimum atomic E-state index is 0. The van der Waals surface area contributed by atoms with Crippen molar-refractivity contribution in [1.29, 1.82) is 0 Å². The van der Waals surface area contributed by atoms with Crippen molar-refractivity contribution >= 4 is 57.2 Å². The molecule has 2 aromatic heterocycles. The molecule has 104 valence electrons. The Morgan fingerprint density at radius 1 is 1.32 bits per heavy atom. The SMILES string of the molecule is CN=C(NCc1ccoc1)NCc1ccc(Br)s1.I. The lowest BCUT2D eigenvalue weighted by Gasteiger charge is -2.10. The smallest absolute Gasteiger partial charge is 0.191 e. The van der Waals surface area contributed by atoms with Gasteiger partial charge in [-0.15, -0.1) is 35.3 Å². The second kappa shape index (κ2) is 8.60. The van der Waals surface area contributed by atoms with Crippen LogP contribution in [0.4, 0.5) is 0 Å². The van der Waals surface area contributed by atoms with Crippen LogP contribution in [-0.4, -0.2) is 13.0 Å². The van der Waals surface area contributed by atoms with Crippen LogP contribution >= 0.6 is 51.2 Å². The molecule has 4 nitrogen and oxygen atoms in total. The van der Waals surface area contributed by atoms with Crippen molar-refractivity contribution in [2.45, 2.75) is 13.1 Å². The van der Waals surface area contributed by atoms with Gasteiger partial charge < -0.3 is 15.1 Å². The Balaban J connectivity index is 0.00000180. The Kier molecular flexibility index (Phi) is 7.47. The number of furan rings is 1. The normalized spacial score (nSPS) is 10.9. The number of thiophene rings is 1. The third kappa shape index (κ3) is 5.53. The average molecular weight is 456 g/mol. The Bertz CT molecular complexity index is 513. The van der Waals surface area contributed by atoms with Crippen LogP contribution in [0.2, 0.25) is 0 Å². The van der Waals surface area contributed by atoms with Gasteiger partial charge in [0.15, 0.2) is 5.96 Å².